The van der Waals surface area contributed by atoms with Crippen molar-refractivity contribution in [1.82, 2.24) is 9.97 Å². The maximum atomic E-state index is 12.4. The molecule has 1 heterocycles. The number of H-pyrrole nitrogens is 2. The molecule has 0 bridgehead atoms. The van der Waals surface area contributed by atoms with Crippen LogP contribution >= 0.6 is 0 Å². The number of hydrogen-bond acceptors (Lipinski definition) is 5. The van der Waals surface area contributed by atoms with Crippen LogP contribution in [0.5, 0.6) is 0 Å². The summed E-state index contributed by atoms with van der Waals surface area (Å²) in [5, 5.41) is 0. The lowest BCUT2D eigenvalue weighted by atomic mass is 10.2. The molecule has 0 saturated heterocycles. The Bertz CT molecular complexity index is 1060. The van der Waals surface area contributed by atoms with Gasteiger partial charge in [0.2, 0.25) is 0 Å². The fourth-order valence-electron chi connectivity index (χ4n) is 2.19. The Labute approximate surface area is 136 Å². The molecule has 8 nitrogen and oxygen atoms in total. The highest BCUT2D eigenvalue weighted by atomic mass is 32.2. The average Bonchev–Trinajstić information content (AvgIpc) is 2.93. The molecule has 0 spiro atoms. The molecule has 1 aromatic heterocycles. The molecule has 3 rings (SSSR count). The maximum Gasteiger partial charge on any atom is 0.337 e. The summed E-state index contributed by atoms with van der Waals surface area (Å²) in [4.78, 5) is 27.7. The van der Waals surface area contributed by atoms with Crippen molar-refractivity contribution in [2.45, 2.75) is 4.90 Å². The van der Waals surface area contributed by atoms with E-state index in [1.807, 2.05) is 0 Å². The topological polar surface area (TPSA) is 121 Å². The highest BCUT2D eigenvalue weighted by molar-refractivity contribution is 7.92. The Morgan fingerprint density at radius 2 is 1.71 bits per heavy atom. The van der Waals surface area contributed by atoms with Crippen LogP contribution in [-0.2, 0) is 14.8 Å². The number of carbonyl (C=O) groups excluding carboxylic acids is 1. The molecular formula is C15H13N3O5S. The first kappa shape index (κ1) is 15.8. The van der Waals surface area contributed by atoms with Crippen molar-refractivity contribution in [1.29, 1.82) is 0 Å². The summed E-state index contributed by atoms with van der Waals surface area (Å²) >= 11 is 0. The number of hydrogen-bond donors (Lipinski definition) is 3. The summed E-state index contributed by atoms with van der Waals surface area (Å²) < 4.78 is 31.8. The zero-order chi connectivity index (χ0) is 17.3. The number of benzene rings is 2. The molecular weight excluding hydrogens is 334 g/mol. The number of imidazole rings is 1. The summed E-state index contributed by atoms with van der Waals surface area (Å²) in [6.07, 6.45) is 0. The number of anilines is 1. The van der Waals surface area contributed by atoms with E-state index in [0.717, 1.165) is 0 Å². The van der Waals surface area contributed by atoms with Crippen LogP contribution in [0.2, 0.25) is 0 Å². The fraction of sp³-hybridized carbons (Fsp3) is 0.0667. The van der Waals surface area contributed by atoms with Crippen molar-refractivity contribution in [2.75, 3.05) is 11.8 Å². The van der Waals surface area contributed by atoms with Gasteiger partial charge in [-0.3, -0.25) is 4.72 Å². The lowest BCUT2D eigenvalue weighted by Crippen LogP contribution is -2.13. The maximum absolute atomic E-state index is 12.4. The third-order valence-corrected chi connectivity index (χ3v) is 4.73. The summed E-state index contributed by atoms with van der Waals surface area (Å²) in [6, 6.07) is 10.1. The predicted molar refractivity (Wildman–Crippen MR) is 87.5 cm³/mol. The third kappa shape index (κ3) is 3.01. The van der Waals surface area contributed by atoms with Gasteiger partial charge in [-0.25, -0.2) is 18.0 Å². The van der Waals surface area contributed by atoms with E-state index in [4.69, 9.17) is 0 Å². The van der Waals surface area contributed by atoms with E-state index in [9.17, 15) is 18.0 Å². The molecule has 0 aliphatic heterocycles. The Balaban J connectivity index is 1.89. The molecule has 0 unspecified atom stereocenters. The average molecular weight is 347 g/mol. The predicted octanol–water partition coefficient (Wildman–Crippen LogP) is 1.44. The number of ether oxygens (including phenoxy) is 1. The fourth-order valence-corrected chi connectivity index (χ4v) is 3.27. The van der Waals surface area contributed by atoms with Gasteiger partial charge in [-0.15, -0.1) is 0 Å². The molecule has 2 aromatic carbocycles. The molecule has 0 aliphatic rings. The van der Waals surface area contributed by atoms with E-state index in [2.05, 4.69) is 19.4 Å². The summed E-state index contributed by atoms with van der Waals surface area (Å²) in [5.74, 6) is -0.508. The number of sulfonamides is 1. The number of nitrogens with one attached hydrogen (secondary N) is 3. The molecule has 0 atom stereocenters. The minimum atomic E-state index is -3.84. The van der Waals surface area contributed by atoms with E-state index >= 15 is 0 Å². The highest BCUT2D eigenvalue weighted by Gasteiger charge is 2.16. The van der Waals surface area contributed by atoms with Crippen LogP contribution in [0.3, 0.4) is 0 Å². The summed E-state index contributed by atoms with van der Waals surface area (Å²) in [5.41, 5.74) is 1.10. The summed E-state index contributed by atoms with van der Waals surface area (Å²) in [6.45, 7) is 0. The number of methoxy groups -OCH3 is 1. The molecule has 0 fully saturated rings. The zero-order valence-corrected chi connectivity index (χ0v) is 13.3. The van der Waals surface area contributed by atoms with E-state index in [0.29, 0.717) is 22.3 Å². The van der Waals surface area contributed by atoms with Gasteiger partial charge in [0.05, 0.1) is 28.6 Å². The second-order valence-electron chi connectivity index (χ2n) is 4.96. The molecule has 0 saturated carbocycles. The van der Waals surface area contributed by atoms with Crippen molar-refractivity contribution in [3.05, 3.63) is 58.5 Å². The van der Waals surface area contributed by atoms with Crippen molar-refractivity contribution in [2.24, 2.45) is 0 Å². The largest absolute Gasteiger partial charge is 0.465 e. The van der Waals surface area contributed by atoms with E-state index in [1.54, 1.807) is 0 Å². The Morgan fingerprint density at radius 1 is 1.04 bits per heavy atom. The third-order valence-electron chi connectivity index (χ3n) is 3.36. The lowest BCUT2D eigenvalue weighted by Gasteiger charge is -2.08. The SMILES string of the molecule is COC(=O)c1ccc(NS(=O)(=O)c2ccc3[nH]c(=O)[nH]c3c2)cc1. The first-order chi connectivity index (χ1) is 11.4. The Morgan fingerprint density at radius 3 is 2.38 bits per heavy atom. The van der Waals surface area contributed by atoms with Crippen LogP contribution in [0.25, 0.3) is 11.0 Å². The van der Waals surface area contributed by atoms with Crippen molar-refractivity contribution in [3.63, 3.8) is 0 Å². The van der Waals surface area contributed by atoms with Crippen molar-refractivity contribution >= 4 is 32.7 Å². The van der Waals surface area contributed by atoms with Gasteiger partial charge in [-0.2, -0.15) is 0 Å². The number of aromatic amines is 2. The zero-order valence-electron chi connectivity index (χ0n) is 12.5. The first-order valence-electron chi connectivity index (χ1n) is 6.82. The van der Waals surface area contributed by atoms with Gasteiger partial charge in [-0.1, -0.05) is 0 Å². The number of aromatic nitrogens is 2. The molecule has 9 heteroatoms. The lowest BCUT2D eigenvalue weighted by molar-refractivity contribution is 0.0601. The quantitative estimate of drug-likeness (QED) is 0.617. The van der Waals surface area contributed by atoms with E-state index in [-0.39, 0.29) is 4.90 Å². The smallest absolute Gasteiger partial charge is 0.337 e. The van der Waals surface area contributed by atoms with Crippen LogP contribution < -0.4 is 10.4 Å². The van der Waals surface area contributed by atoms with Gasteiger partial charge in [0, 0.05) is 5.69 Å². The monoisotopic (exact) mass is 347 g/mol. The number of fused-ring (bicyclic) bond motifs is 1. The number of carbonyl (C=O) groups is 1. The molecule has 0 aliphatic carbocycles. The normalized spacial score (nSPS) is 11.4. The highest BCUT2D eigenvalue weighted by Crippen LogP contribution is 2.19. The Kier molecular flexibility index (Phi) is 3.86. The molecule has 124 valence electrons. The number of rotatable bonds is 4. The molecule has 0 radical (unpaired) electrons. The van der Waals surface area contributed by atoms with Gasteiger partial charge in [-0.05, 0) is 42.5 Å². The Hall–Kier alpha value is -3.07. The van der Waals surface area contributed by atoms with Gasteiger partial charge < -0.3 is 14.7 Å². The van der Waals surface area contributed by atoms with Gasteiger partial charge in [0.15, 0.2) is 0 Å². The minimum absolute atomic E-state index is 0.00212. The molecule has 3 N–H and O–H groups in total. The molecule has 0 amide bonds. The van der Waals surface area contributed by atoms with Crippen molar-refractivity contribution in [3.8, 4) is 0 Å². The standard InChI is InChI=1S/C15H13N3O5S/c1-23-14(19)9-2-4-10(5-3-9)18-24(21,22)11-6-7-12-13(8-11)17-15(20)16-12/h2-8,18H,1H3,(H2,16,17,20). The van der Waals surface area contributed by atoms with Gasteiger partial charge in [0.1, 0.15) is 0 Å². The van der Waals surface area contributed by atoms with Gasteiger partial charge >= 0.3 is 11.7 Å². The molecule has 3 aromatic rings. The first-order valence-corrected chi connectivity index (χ1v) is 8.30. The molecule has 24 heavy (non-hydrogen) atoms. The van der Waals surface area contributed by atoms with E-state index in [1.165, 1.54) is 49.6 Å². The summed E-state index contributed by atoms with van der Waals surface area (Å²) in [7, 11) is -2.57. The minimum Gasteiger partial charge on any atom is -0.465 e. The number of esters is 1. The van der Waals surface area contributed by atoms with Crippen LogP contribution in [0.4, 0.5) is 5.69 Å². The van der Waals surface area contributed by atoms with Gasteiger partial charge in [0.25, 0.3) is 10.0 Å². The second-order valence-corrected chi connectivity index (χ2v) is 6.64. The van der Waals surface area contributed by atoms with Crippen molar-refractivity contribution < 1.29 is 17.9 Å². The van der Waals surface area contributed by atoms with Crippen LogP contribution in [-0.4, -0.2) is 31.5 Å². The second kappa shape index (κ2) is 5.85. The van der Waals surface area contributed by atoms with Crippen LogP contribution in [0.1, 0.15) is 10.4 Å². The van der Waals surface area contributed by atoms with Crippen LogP contribution in [0.15, 0.2) is 52.2 Å². The van der Waals surface area contributed by atoms with Crippen LogP contribution in [0, 0.1) is 0 Å². The van der Waals surface area contributed by atoms with E-state index < -0.39 is 21.7 Å².